The Morgan fingerprint density at radius 2 is 2.17 bits per heavy atom. The first-order valence-electron chi connectivity index (χ1n) is 8.31. The molecule has 2 N–H and O–H groups in total. The van der Waals surface area contributed by atoms with Crippen LogP contribution in [0.4, 0.5) is 5.69 Å². The zero-order valence-corrected chi connectivity index (χ0v) is 13.6. The van der Waals surface area contributed by atoms with E-state index in [1.807, 2.05) is 24.3 Å². The molecule has 1 aliphatic rings. The van der Waals surface area contributed by atoms with Crippen molar-refractivity contribution < 1.29 is 9.53 Å². The standard InChI is InChI=1S/C19H26N2O2/c1-2-14-23-18-11-7-6-10-17(18)21-15-19(22)20-13-12-16-8-4-3-5-9-16/h2,6-8,10-11,21H,1,3-5,9,12-15H2,(H,20,22). The fourth-order valence-corrected chi connectivity index (χ4v) is 2.62. The molecule has 23 heavy (non-hydrogen) atoms. The third kappa shape index (κ3) is 6.19. The summed E-state index contributed by atoms with van der Waals surface area (Å²) in [5.41, 5.74) is 2.30. The van der Waals surface area contributed by atoms with E-state index >= 15 is 0 Å². The summed E-state index contributed by atoms with van der Waals surface area (Å²) in [6.07, 6.45) is 9.93. The second-order valence-corrected chi connectivity index (χ2v) is 5.66. The van der Waals surface area contributed by atoms with Gasteiger partial charge in [-0.05, 0) is 44.2 Å². The summed E-state index contributed by atoms with van der Waals surface area (Å²) in [5.74, 6) is 0.729. The fourth-order valence-electron chi connectivity index (χ4n) is 2.62. The molecule has 0 heterocycles. The van der Waals surface area contributed by atoms with Gasteiger partial charge in [0.05, 0.1) is 12.2 Å². The molecule has 0 spiro atoms. The van der Waals surface area contributed by atoms with Crippen LogP contribution in [0.2, 0.25) is 0 Å². The molecule has 124 valence electrons. The minimum absolute atomic E-state index is 0.0000619. The van der Waals surface area contributed by atoms with Crippen LogP contribution in [-0.4, -0.2) is 25.6 Å². The van der Waals surface area contributed by atoms with Crippen molar-refractivity contribution in [2.45, 2.75) is 32.1 Å². The molecule has 1 amide bonds. The third-order valence-corrected chi connectivity index (χ3v) is 3.84. The largest absolute Gasteiger partial charge is 0.487 e. The lowest BCUT2D eigenvalue weighted by atomic mass is 9.97. The average molecular weight is 314 g/mol. The van der Waals surface area contributed by atoms with Crippen molar-refractivity contribution in [3.8, 4) is 5.75 Å². The van der Waals surface area contributed by atoms with Crippen LogP contribution in [0.3, 0.4) is 0 Å². The number of hydrogen-bond acceptors (Lipinski definition) is 3. The highest BCUT2D eigenvalue weighted by Gasteiger charge is 2.07. The Labute approximate surface area is 138 Å². The first-order chi connectivity index (χ1) is 11.3. The lowest BCUT2D eigenvalue weighted by Crippen LogP contribution is -2.30. The van der Waals surface area contributed by atoms with Crippen LogP contribution in [0.15, 0.2) is 48.6 Å². The van der Waals surface area contributed by atoms with Gasteiger partial charge in [-0.1, -0.05) is 36.4 Å². The molecule has 4 nitrogen and oxygen atoms in total. The van der Waals surface area contributed by atoms with E-state index < -0.39 is 0 Å². The van der Waals surface area contributed by atoms with Crippen molar-refractivity contribution in [2.24, 2.45) is 0 Å². The SMILES string of the molecule is C=CCOc1ccccc1NCC(=O)NCCC1=CCCCC1. The van der Waals surface area contributed by atoms with Gasteiger partial charge in [0, 0.05) is 6.54 Å². The molecule has 1 aromatic carbocycles. The number of anilines is 1. The van der Waals surface area contributed by atoms with Gasteiger partial charge < -0.3 is 15.4 Å². The summed E-state index contributed by atoms with van der Waals surface area (Å²) < 4.78 is 5.56. The van der Waals surface area contributed by atoms with Crippen LogP contribution in [0.25, 0.3) is 0 Å². The number of ether oxygens (including phenoxy) is 1. The lowest BCUT2D eigenvalue weighted by Gasteiger charge is -2.14. The van der Waals surface area contributed by atoms with Gasteiger partial charge in [0.2, 0.25) is 5.91 Å². The molecular weight excluding hydrogens is 288 g/mol. The Morgan fingerprint density at radius 3 is 2.96 bits per heavy atom. The lowest BCUT2D eigenvalue weighted by molar-refractivity contribution is -0.119. The highest BCUT2D eigenvalue weighted by Crippen LogP contribution is 2.23. The smallest absolute Gasteiger partial charge is 0.239 e. The molecule has 1 aromatic rings. The highest BCUT2D eigenvalue weighted by atomic mass is 16.5. The van der Waals surface area contributed by atoms with E-state index in [-0.39, 0.29) is 12.5 Å². The molecule has 0 unspecified atom stereocenters. The summed E-state index contributed by atoms with van der Waals surface area (Å²) in [6.45, 7) is 5.04. The molecule has 4 heteroatoms. The van der Waals surface area contributed by atoms with Gasteiger partial charge in [-0.25, -0.2) is 0 Å². The van der Waals surface area contributed by atoms with Crippen molar-refractivity contribution in [1.29, 1.82) is 0 Å². The Balaban J connectivity index is 1.71. The zero-order valence-electron chi connectivity index (χ0n) is 13.6. The van der Waals surface area contributed by atoms with E-state index in [1.54, 1.807) is 6.08 Å². The fraction of sp³-hybridized carbons (Fsp3) is 0.421. The van der Waals surface area contributed by atoms with Crippen LogP contribution in [-0.2, 0) is 4.79 Å². The van der Waals surface area contributed by atoms with Crippen LogP contribution in [0.5, 0.6) is 5.75 Å². The molecule has 0 saturated heterocycles. The maximum absolute atomic E-state index is 11.9. The normalized spacial score (nSPS) is 13.8. The number of amides is 1. The summed E-state index contributed by atoms with van der Waals surface area (Å²) >= 11 is 0. The predicted molar refractivity (Wildman–Crippen MR) is 94.8 cm³/mol. The molecule has 0 aromatic heterocycles. The molecule has 0 fully saturated rings. The van der Waals surface area contributed by atoms with E-state index in [2.05, 4.69) is 23.3 Å². The molecule has 0 bridgehead atoms. The minimum Gasteiger partial charge on any atom is -0.487 e. The first-order valence-corrected chi connectivity index (χ1v) is 8.31. The Bertz CT molecular complexity index is 552. The van der Waals surface area contributed by atoms with E-state index in [0.29, 0.717) is 13.2 Å². The number of hydrogen-bond donors (Lipinski definition) is 2. The molecule has 0 radical (unpaired) electrons. The van der Waals surface area contributed by atoms with E-state index in [0.717, 1.165) is 17.9 Å². The topological polar surface area (TPSA) is 50.4 Å². The summed E-state index contributed by atoms with van der Waals surface area (Å²) in [5, 5.41) is 6.09. The van der Waals surface area contributed by atoms with Crippen molar-refractivity contribution in [2.75, 3.05) is 25.0 Å². The Hall–Kier alpha value is -2.23. The first kappa shape index (κ1) is 17.1. The summed E-state index contributed by atoms with van der Waals surface area (Å²) in [6, 6.07) is 7.59. The third-order valence-electron chi connectivity index (χ3n) is 3.84. The van der Waals surface area contributed by atoms with E-state index in [4.69, 9.17) is 4.74 Å². The average Bonchev–Trinajstić information content (AvgIpc) is 2.60. The molecular formula is C19H26N2O2. The molecule has 2 rings (SSSR count). The molecule has 1 aliphatic carbocycles. The van der Waals surface area contributed by atoms with Gasteiger partial charge in [0.1, 0.15) is 12.4 Å². The minimum atomic E-state index is -0.0000619. The quantitative estimate of drug-likeness (QED) is 0.684. The molecule has 0 saturated carbocycles. The Morgan fingerprint density at radius 1 is 1.30 bits per heavy atom. The molecule has 0 atom stereocenters. The van der Waals surface area contributed by atoms with Crippen molar-refractivity contribution in [1.82, 2.24) is 5.32 Å². The zero-order chi connectivity index (χ0) is 16.3. The van der Waals surface area contributed by atoms with Crippen molar-refractivity contribution in [3.05, 3.63) is 48.6 Å². The highest BCUT2D eigenvalue weighted by molar-refractivity contribution is 5.81. The van der Waals surface area contributed by atoms with E-state index in [1.165, 1.54) is 31.3 Å². The van der Waals surface area contributed by atoms with Crippen LogP contribution < -0.4 is 15.4 Å². The van der Waals surface area contributed by atoms with Crippen LogP contribution in [0.1, 0.15) is 32.1 Å². The Kier molecular flexibility index (Phi) is 7.24. The van der Waals surface area contributed by atoms with Gasteiger partial charge in [-0.2, -0.15) is 0 Å². The summed E-state index contributed by atoms with van der Waals surface area (Å²) in [4.78, 5) is 11.9. The van der Waals surface area contributed by atoms with Gasteiger partial charge in [0.25, 0.3) is 0 Å². The van der Waals surface area contributed by atoms with Gasteiger partial charge >= 0.3 is 0 Å². The number of rotatable bonds is 9. The van der Waals surface area contributed by atoms with E-state index in [9.17, 15) is 4.79 Å². The second kappa shape index (κ2) is 9.72. The number of benzene rings is 1. The number of para-hydroxylation sites is 2. The predicted octanol–water partition coefficient (Wildman–Crippen LogP) is 3.67. The van der Waals surface area contributed by atoms with Crippen molar-refractivity contribution >= 4 is 11.6 Å². The van der Waals surface area contributed by atoms with Gasteiger partial charge in [-0.15, -0.1) is 0 Å². The second-order valence-electron chi connectivity index (χ2n) is 5.66. The van der Waals surface area contributed by atoms with Crippen molar-refractivity contribution in [3.63, 3.8) is 0 Å². The number of carbonyl (C=O) groups excluding carboxylic acids is 1. The van der Waals surface area contributed by atoms with Gasteiger partial charge in [-0.3, -0.25) is 4.79 Å². The number of carbonyl (C=O) groups is 1. The number of allylic oxidation sites excluding steroid dienone is 1. The maximum Gasteiger partial charge on any atom is 0.239 e. The number of nitrogens with one attached hydrogen (secondary N) is 2. The van der Waals surface area contributed by atoms with Gasteiger partial charge in [0.15, 0.2) is 0 Å². The summed E-state index contributed by atoms with van der Waals surface area (Å²) in [7, 11) is 0. The monoisotopic (exact) mass is 314 g/mol. The molecule has 0 aliphatic heterocycles. The van der Waals surface area contributed by atoms with Crippen LogP contribution >= 0.6 is 0 Å². The maximum atomic E-state index is 11.9. The van der Waals surface area contributed by atoms with Crippen LogP contribution in [0, 0.1) is 0 Å².